The van der Waals surface area contributed by atoms with Gasteiger partial charge in [-0.25, -0.2) is 9.18 Å². The zero-order valence-electron chi connectivity index (χ0n) is 10.4. The lowest BCUT2D eigenvalue weighted by atomic mass is 10.2. The van der Waals surface area contributed by atoms with Gasteiger partial charge in [-0.2, -0.15) is 0 Å². The summed E-state index contributed by atoms with van der Waals surface area (Å²) in [5.41, 5.74) is 3.01. The van der Waals surface area contributed by atoms with Crippen LogP contribution in [0.5, 0.6) is 0 Å². The molecular weight excluding hydrogens is 245 g/mol. The normalized spacial score (nSPS) is 11.1. The van der Waals surface area contributed by atoms with Gasteiger partial charge in [0, 0.05) is 0 Å². The van der Waals surface area contributed by atoms with Crippen molar-refractivity contribution in [3.8, 4) is 0 Å². The summed E-state index contributed by atoms with van der Waals surface area (Å²) in [4.78, 5) is 11.9. The minimum absolute atomic E-state index is 0.300. The van der Waals surface area contributed by atoms with E-state index in [1.165, 1.54) is 16.7 Å². The summed E-state index contributed by atoms with van der Waals surface area (Å²) in [7, 11) is 0. The largest absolute Gasteiger partial charge is 0.420 e. The van der Waals surface area contributed by atoms with E-state index in [0.717, 1.165) is 16.6 Å². The first kappa shape index (κ1) is 11.7. The van der Waals surface area contributed by atoms with E-state index in [-0.39, 0.29) is 5.82 Å². The lowest BCUT2D eigenvalue weighted by Gasteiger charge is -2.04. The molecule has 96 valence electrons. The van der Waals surface area contributed by atoms with Crippen LogP contribution in [-0.2, 0) is 6.54 Å². The maximum absolute atomic E-state index is 13.2. The van der Waals surface area contributed by atoms with Gasteiger partial charge in [0.25, 0.3) is 0 Å². The van der Waals surface area contributed by atoms with Gasteiger partial charge in [0.05, 0.1) is 12.1 Å². The fraction of sp³-hybridized carbons (Fsp3) is 0.133. The van der Waals surface area contributed by atoms with Crippen LogP contribution >= 0.6 is 0 Å². The number of hydrogen-bond acceptors (Lipinski definition) is 2. The molecule has 0 N–H and O–H groups in total. The number of rotatable bonds is 2. The van der Waals surface area contributed by atoms with Crippen LogP contribution in [0.4, 0.5) is 4.39 Å². The number of benzene rings is 2. The van der Waals surface area contributed by atoms with Gasteiger partial charge in [-0.1, -0.05) is 24.3 Å². The molecule has 0 spiro atoms. The van der Waals surface area contributed by atoms with Gasteiger partial charge in [-0.3, -0.25) is 4.57 Å². The number of oxazole rings is 1. The number of aromatic nitrogens is 1. The van der Waals surface area contributed by atoms with Crippen molar-refractivity contribution in [3.05, 3.63) is 70.0 Å². The van der Waals surface area contributed by atoms with Gasteiger partial charge >= 0.3 is 5.76 Å². The topological polar surface area (TPSA) is 35.1 Å². The molecule has 3 aromatic rings. The average Bonchev–Trinajstić information content (AvgIpc) is 2.67. The van der Waals surface area contributed by atoms with Gasteiger partial charge in [-0.05, 0) is 36.2 Å². The highest BCUT2D eigenvalue weighted by Crippen LogP contribution is 2.18. The Morgan fingerprint density at radius 2 is 2.00 bits per heavy atom. The minimum atomic E-state index is -0.423. The average molecular weight is 257 g/mol. The van der Waals surface area contributed by atoms with Crippen molar-refractivity contribution in [2.24, 2.45) is 0 Å². The number of para-hydroxylation sites is 1. The van der Waals surface area contributed by atoms with Gasteiger partial charge in [-0.15, -0.1) is 0 Å². The molecule has 1 aromatic heterocycles. The first-order valence-corrected chi connectivity index (χ1v) is 5.98. The second kappa shape index (κ2) is 4.39. The van der Waals surface area contributed by atoms with E-state index < -0.39 is 5.76 Å². The van der Waals surface area contributed by atoms with Gasteiger partial charge in [0.1, 0.15) is 5.82 Å². The maximum atomic E-state index is 13.2. The summed E-state index contributed by atoms with van der Waals surface area (Å²) in [5, 5.41) is 0. The fourth-order valence-corrected chi connectivity index (χ4v) is 2.26. The Balaban J connectivity index is 2.15. The Kier molecular flexibility index (Phi) is 2.71. The molecule has 2 aromatic carbocycles. The molecule has 0 bridgehead atoms. The first-order valence-electron chi connectivity index (χ1n) is 5.98. The third-order valence-corrected chi connectivity index (χ3v) is 3.12. The summed E-state index contributed by atoms with van der Waals surface area (Å²) in [6, 6.07) is 11.7. The zero-order valence-corrected chi connectivity index (χ0v) is 10.4. The standard InChI is InChI=1S/C15H12FNO2/c1-10-4-2-7-13-14(10)17(15(18)19-13)9-11-5-3-6-12(16)8-11/h2-8H,9H2,1H3. The van der Waals surface area contributed by atoms with Crippen molar-refractivity contribution in [2.75, 3.05) is 0 Å². The molecule has 0 aliphatic rings. The Morgan fingerprint density at radius 3 is 2.79 bits per heavy atom. The molecule has 19 heavy (non-hydrogen) atoms. The van der Waals surface area contributed by atoms with E-state index in [4.69, 9.17) is 4.42 Å². The molecule has 4 heteroatoms. The van der Waals surface area contributed by atoms with Gasteiger partial charge in [0.15, 0.2) is 5.58 Å². The quantitative estimate of drug-likeness (QED) is 0.707. The predicted molar refractivity (Wildman–Crippen MR) is 70.7 cm³/mol. The molecule has 0 aliphatic heterocycles. The van der Waals surface area contributed by atoms with E-state index in [2.05, 4.69) is 0 Å². The zero-order chi connectivity index (χ0) is 13.4. The molecular formula is C15H12FNO2. The maximum Gasteiger partial charge on any atom is 0.420 e. The molecule has 0 saturated heterocycles. The molecule has 0 radical (unpaired) electrons. The summed E-state index contributed by atoms with van der Waals surface area (Å²) in [5.74, 6) is -0.733. The van der Waals surface area contributed by atoms with Crippen LogP contribution in [0.2, 0.25) is 0 Å². The molecule has 0 aliphatic carbocycles. The highest BCUT2D eigenvalue weighted by Gasteiger charge is 2.11. The number of nitrogens with zero attached hydrogens (tertiary/aromatic N) is 1. The van der Waals surface area contributed by atoms with Crippen LogP contribution in [0.3, 0.4) is 0 Å². The van der Waals surface area contributed by atoms with Crippen molar-refractivity contribution < 1.29 is 8.81 Å². The number of fused-ring (bicyclic) bond motifs is 1. The molecule has 3 rings (SSSR count). The smallest absolute Gasteiger partial charge is 0.408 e. The summed E-state index contributed by atoms with van der Waals surface area (Å²) in [6.45, 7) is 2.22. The minimum Gasteiger partial charge on any atom is -0.408 e. The lowest BCUT2D eigenvalue weighted by molar-refractivity contribution is 0.517. The molecule has 0 atom stereocenters. The van der Waals surface area contributed by atoms with E-state index in [1.807, 2.05) is 19.1 Å². The van der Waals surface area contributed by atoms with Crippen molar-refractivity contribution in [3.63, 3.8) is 0 Å². The SMILES string of the molecule is Cc1cccc2oc(=O)n(Cc3cccc(F)c3)c12. The second-order valence-corrected chi connectivity index (χ2v) is 4.51. The molecule has 0 amide bonds. The van der Waals surface area contributed by atoms with Crippen LogP contribution in [0.15, 0.2) is 51.7 Å². The van der Waals surface area contributed by atoms with Crippen LogP contribution in [0.1, 0.15) is 11.1 Å². The van der Waals surface area contributed by atoms with Gasteiger partial charge in [0.2, 0.25) is 0 Å². The molecule has 3 nitrogen and oxygen atoms in total. The summed E-state index contributed by atoms with van der Waals surface area (Å²) < 4.78 is 19.9. The third kappa shape index (κ3) is 2.05. The molecule has 1 heterocycles. The van der Waals surface area contributed by atoms with Crippen LogP contribution in [-0.4, -0.2) is 4.57 Å². The Hall–Kier alpha value is -2.36. The number of hydrogen-bond donors (Lipinski definition) is 0. The Bertz CT molecular complexity index is 801. The first-order chi connectivity index (χ1) is 9.15. The molecule has 0 fully saturated rings. The van der Waals surface area contributed by atoms with E-state index >= 15 is 0 Å². The van der Waals surface area contributed by atoms with Crippen molar-refractivity contribution >= 4 is 11.1 Å². The van der Waals surface area contributed by atoms with Crippen molar-refractivity contribution in [2.45, 2.75) is 13.5 Å². The fourth-order valence-electron chi connectivity index (χ4n) is 2.26. The van der Waals surface area contributed by atoms with E-state index in [0.29, 0.717) is 12.1 Å². The molecule has 0 saturated carbocycles. The van der Waals surface area contributed by atoms with Crippen LogP contribution in [0.25, 0.3) is 11.1 Å². The monoisotopic (exact) mass is 257 g/mol. The molecule has 0 unspecified atom stereocenters. The van der Waals surface area contributed by atoms with Crippen molar-refractivity contribution in [1.29, 1.82) is 0 Å². The van der Waals surface area contributed by atoms with Crippen LogP contribution < -0.4 is 5.76 Å². The third-order valence-electron chi connectivity index (χ3n) is 3.12. The number of aryl methyl sites for hydroxylation is 1. The highest BCUT2D eigenvalue weighted by atomic mass is 19.1. The lowest BCUT2D eigenvalue weighted by Crippen LogP contribution is -2.15. The van der Waals surface area contributed by atoms with Crippen LogP contribution in [0, 0.1) is 12.7 Å². The Morgan fingerprint density at radius 1 is 1.21 bits per heavy atom. The highest BCUT2D eigenvalue weighted by molar-refractivity contribution is 5.76. The van der Waals surface area contributed by atoms with Crippen molar-refractivity contribution in [1.82, 2.24) is 4.57 Å². The van der Waals surface area contributed by atoms with Gasteiger partial charge < -0.3 is 4.42 Å². The predicted octanol–water partition coefficient (Wildman–Crippen LogP) is 3.09. The second-order valence-electron chi connectivity index (χ2n) is 4.51. The summed E-state index contributed by atoms with van der Waals surface area (Å²) >= 11 is 0. The van der Waals surface area contributed by atoms with E-state index in [1.54, 1.807) is 18.2 Å². The number of halogens is 1. The Labute approximate surface area is 108 Å². The summed E-state index contributed by atoms with van der Waals surface area (Å²) in [6.07, 6.45) is 0. The van der Waals surface area contributed by atoms with E-state index in [9.17, 15) is 9.18 Å².